The van der Waals surface area contributed by atoms with Gasteiger partial charge in [-0.3, -0.25) is 4.79 Å². The standard InChI is InChI=1S/C12H14FNO4S/c1-19-6-5-8(12(17)18)14-11(16)10-7(13)3-2-4-9(10)15/h2-4,8,15H,5-6H2,1H3,(H,14,16)(H,17,18)/t8-/m0/s1. The predicted molar refractivity (Wildman–Crippen MR) is 70.0 cm³/mol. The first-order valence-corrected chi connectivity index (χ1v) is 6.86. The number of nitrogens with one attached hydrogen (secondary N) is 1. The fourth-order valence-corrected chi connectivity index (χ4v) is 1.93. The monoisotopic (exact) mass is 287 g/mol. The highest BCUT2D eigenvalue weighted by Gasteiger charge is 2.23. The van der Waals surface area contributed by atoms with Crippen molar-refractivity contribution in [1.29, 1.82) is 0 Å². The predicted octanol–water partition coefficient (Wildman–Crippen LogP) is 1.47. The SMILES string of the molecule is CSCC[C@H](NC(=O)c1c(O)cccc1F)C(=O)O. The van der Waals surface area contributed by atoms with E-state index in [9.17, 15) is 19.1 Å². The van der Waals surface area contributed by atoms with E-state index in [1.54, 1.807) is 0 Å². The molecule has 0 spiro atoms. The van der Waals surface area contributed by atoms with Crippen LogP contribution in [0.3, 0.4) is 0 Å². The lowest BCUT2D eigenvalue weighted by atomic mass is 10.1. The van der Waals surface area contributed by atoms with E-state index in [-0.39, 0.29) is 6.42 Å². The average molecular weight is 287 g/mol. The summed E-state index contributed by atoms with van der Waals surface area (Å²) in [6.07, 6.45) is 2.03. The quantitative estimate of drug-likeness (QED) is 0.737. The molecule has 7 heteroatoms. The van der Waals surface area contributed by atoms with Gasteiger partial charge in [-0.2, -0.15) is 11.8 Å². The van der Waals surface area contributed by atoms with Crippen LogP contribution in [0.4, 0.5) is 4.39 Å². The van der Waals surface area contributed by atoms with Gasteiger partial charge in [0.1, 0.15) is 23.2 Å². The minimum absolute atomic E-state index is 0.220. The number of hydrogen-bond acceptors (Lipinski definition) is 4. The maximum Gasteiger partial charge on any atom is 0.326 e. The molecule has 0 saturated heterocycles. The maximum absolute atomic E-state index is 13.4. The first-order chi connectivity index (χ1) is 8.97. The number of carbonyl (C=O) groups is 2. The van der Waals surface area contributed by atoms with Crippen LogP contribution < -0.4 is 5.32 Å². The van der Waals surface area contributed by atoms with Crippen molar-refractivity contribution >= 4 is 23.6 Å². The van der Waals surface area contributed by atoms with E-state index in [4.69, 9.17) is 5.11 Å². The molecule has 0 aliphatic carbocycles. The summed E-state index contributed by atoms with van der Waals surface area (Å²) < 4.78 is 13.4. The number of halogens is 1. The Bertz CT molecular complexity index is 461. The van der Waals surface area contributed by atoms with Crippen LogP contribution in [0.25, 0.3) is 0 Å². The van der Waals surface area contributed by atoms with Crippen LogP contribution in [-0.4, -0.2) is 40.1 Å². The molecule has 1 aromatic carbocycles. The van der Waals surface area contributed by atoms with Gasteiger partial charge < -0.3 is 15.5 Å². The zero-order valence-corrected chi connectivity index (χ0v) is 11.0. The number of phenols is 1. The number of aliphatic carboxylic acids is 1. The summed E-state index contributed by atoms with van der Waals surface area (Å²) in [7, 11) is 0. The first kappa shape index (κ1) is 15.3. The fraction of sp³-hybridized carbons (Fsp3) is 0.333. The van der Waals surface area contributed by atoms with E-state index in [0.29, 0.717) is 5.75 Å². The van der Waals surface area contributed by atoms with Crippen LogP contribution in [-0.2, 0) is 4.79 Å². The van der Waals surface area contributed by atoms with Gasteiger partial charge in [0, 0.05) is 0 Å². The summed E-state index contributed by atoms with van der Waals surface area (Å²) in [6.45, 7) is 0. The molecule has 0 heterocycles. The van der Waals surface area contributed by atoms with Crippen molar-refractivity contribution in [2.24, 2.45) is 0 Å². The molecule has 0 bridgehead atoms. The second kappa shape index (κ2) is 6.98. The Labute approximate surface area is 113 Å². The van der Waals surface area contributed by atoms with Gasteiger partial charge in [0.05, 0.1) is 0 Å². The summed E-state index contributed by atoms with van der Waals surface area (Å²) in [5, 5.41) is 20.6. The Balaban J connectivity index is 2.85. The Morgan fingerprint density at radius 3 is 2.68 bits per heavy atom. The number of phenolic OH excluding ortho intramolecular Hbond substituents is 1. The van der Waals surface area contributed by atoms with Crippen LogP contribution in [0.1, 0.15) is 16.8 Å². The molecule has 1 atom stereocenters. The second-order valence-electron chi connectivity index (χ2n) is 3.78. The van der Waals surface area contributed by atoms with Crippen molar-refractivity contribution in [2.45, 2.75) is 12.5 Å². The third kappa shape index (κ3) is 4.13. The van der Waals surface area contributed by atoms with E-state index in [2.05, 4.69) is 5.32 Å². The maximum atomic E-state index is 13.4. The summed E-state index contributed by atoms with van der Waals surface area (Å²) >= 11 is 1.44. The van der Waals surface area contributed by atoms with E-state index >= 15 is 0 Å². The molecule has 0 aliphatic heterocycles. The van der Waals surface area contributed by atoms with Crippen LogP contribution in [0.15, 0.2) is 18.2 Å². The van der Waals surface area contributed by atoms with Crippen molar-refractivity contribution < 1.29 is 24.2 Å². The number of thioether (sulfide) groups is 1. The molecular formula is C12H14FNO4S. The Morgan fingerprint density at radius 2 is 2.16 bits per heavy atom. The summed E-state index contributed by atoms with van der Waals surface area (Å²) in [5.74, 6) is -3.01. The van der Waals surface area contributed by atoms with Crippen molar-refractivity contribution in [1.82, 2.24) is 5.32 Å². The average Bonchev–Trinajstić information content (AvgIpc) is 2.33. The zero-order valence-electron chi connectivity index (χ0n) is 10.2. The number of hydrogen-bond donors (Lipinski definition) is 3. The van der Waals surface area contributed by atoms with Crippen LogP contribution in [0.2, 0.25) is 0 Å². The molecule has 0 unspecified atom stereocenters. The second-order valence-corrected chi connectivity index (χ2v) is 4.77. The molecule has 0 aliphatic rings. The first-order valence-electron chi connectivity index (χ1n) is 5.47. The van der Waals surface area contributed by atoms with E-state index in [1.807, 2.05) is 6.26 Å². The molecule has 1 rings (SSSR count). The molecular weight excluding hydrogens is 273 g/mol. The summed E-state index contributed by atoms with van der Waals surface area (Å²) in [5.41, 5.74) is -0.544. The molecule has 0 radical (unpaired) electrons. The molecule has 3 N–H and O–H groups in total. The van der Waals surface area contributed by atoms with Crippen LogP contribution in [0, 0.1) is 5.82 Å². The molecule has 0 aromatic heterocycles. The van der Waals surface area contributed by atoms with Gasteiger partial charge >= 0.3 is 5.97 Å². The highest BCUT2D eigenvalue weighted by molar-refractivity contribution is 7.98. The Morgan fingerprint density at radius 1 is 1.47 bits per heavy atom. The van der Waals surface area contributed by atoms with Crippen LogP contribution in [0.5, 0.6) is 5.75 Å². The summed E-state index contributed by atoms with van der Waals surface area (Å²) in [4.78, 5) is 22.7. The molecule has 104 valence electrons. The highest BCUT2D eigenvalue weighted by atomic mass is 32.2. The zero-order chi connectivity index (χ0) is 14.4. The lowest BCUT2D eigenvalue weighted by Crippen LogP contribution is -2.41. The molecule has 0 fully saturated rings. The molecule has 5 nitrogen and oxygen atoms in total. The molecule has 1 amide bonds. The highest BCUT2D eigenvalue weighted by Crippen LogP contribution is 2.19. The third-order valence-corrected chi connectivity index (χ3v) is 3.08. The summed E-state index contributed by atoms with van der Waals surface area (Å²) in [6, 6.07) is 2.32. The van der Waals surface area contributed by atoms with Gasteiger partial charge in [0.15, 0.2) is 0 Å². The van der Waals surface area contributed by atoms with E-state index < -0.39 is 35.0 Å². The number of carboxylic acids is 1. The van der Waals surface area contributed by atoms with Crippen molar-refractivity contribution in [3.05, 3.63) is 29.6 Å². The fourth-order valence-electron chi connectivity index (χ4n) is 1.46. The number of carbonyl (C=O) groups excluding carboxylic acids is 1. The molecule has 19 heavy (non-hydrogen) atoms. The smallest absolute Gasteiger partial charge is 0.326 e. The molecule has 0 saturated carbocycles. The Hall–Kier alpha value is -1.76. The van der Waals surface area contributed by atoms with Crippen molar-refractivity contribution in [2.75, 3.05) is 12.0 Å². The number of amides is 1. The van der Waals surface area contributed by atoms with Gasteiger partial charge in [-0.15, -0.1) is 0 Å². The minimum atomic E-state index is -1.20. The van der Waals surface area contributed by atoms with Gasteiger partial charge in [-0.05, 0) is 30.6 Å². The number of aromatic hydroxyl groups is 1. The van der Waals surface area contributed by atoms with Crippen molar-refractivity contribution in [3.8, 4) is 5.75 Å². The lowest BCUT2D eigenvalue weighted by molar-refractivity contribution is -0.139. The van der Waals surface area contributed by atoms with Gasteiger partial charge in [0.2, 0.25) is 0 Å². The van der Waals surface area contributed by atoms with Gasteiger partial charge in [-0.1, -0.05) is 6.07 Å². The number of benzene rings is 1. The minimum Gasteiger partial charge on any atom is -0.507 e. The normalized spacial score (nSPS) is 11.9. The topological polar surface area (TPSA) is 86.6 Å². The lowest BCUT2D eigenvalue weighted by Gasteiger charge is -2.14. The number of rotatable bonds is 6. The van der Waals surface area contributed by atoms with Crippen molar-refractivity contribution in [3.63, 3.8) is 0 Å². The van der Waals surface area contributed by atoms with E-state index in [1.165, 1.54) is 17.8 Å². The molecule has 1 aromatic rings. The van der Waals surface area contributed by atoms with Gasteiger partial charge in [-0.25, -0.2) is 9.18 Å². The van der Waals surface area contributed by atoms with E-state index in [0.717, 1.165) is 12.1 Å². The number of carboxylic acid groups (broad SMARTS) is 1. The Kier molecular flexibility index (Phi) is 5.62. The van der Waals surface area contributed by atoms with Gasteiger partial charge in [0.25, 0.3) is 5.91 Å². The largest absolute Gasteiger partial charge is 0.507 e. The van der Waals surface area contributed by atoms with Crippen LogP contribution >= 0.6 is 11.8 Å². The third-order valence-electron chi connectivity index (χ3n) is 2.43.